The van der Waals surface area contributed by atoms with Gasteiger partial charge in [-0.25, -0.2) is 0 Å². The van der Waals surface area contributed by atoms with Crippen LogP contribution in [0.1, 0.15) is 32.7 Å². The standard InChI is InChI=1S/C18H15F3N2O4/c19-18(20,21)13-5-1-12(2-6-13)17(27)23-14-7-3-11(4-8-14)16(26)22-10-9-15(24)25/h1-8H,9-10H2,(H,22,26)(H,23,27)(H,24,25). The lowest BCUT2D eigenvalue weighted by Gasteiger charge is -2.09. The van der Waals surface area contributed by atoms with Gasteiger partial charge in [0.05, 0.1) is 12.0 Å². The van der Waals surface area contributed by atoms with Crippen LogP contribution in [-0.4, -0.2) is 29.4 Å². The summed E-state index contributed by atoms with van der Waals surface area (Å²) in [6, 6.07) is 9.54. The number of carboxylic acid groups (broad SMARTS) is 1. The fourth-order valence-electron chi connectivity index (χ4n) is 2.10. The normalized spacial score (nSPS) is 10.9. The van der Waals surface area contributed by atoms with E-state index in [0.717, 1.165) is 24.3 Å². The van der Waals surface area contributed by atoms with Gasteiger partial charge in [-0.1, -0.05) is 0 Å². The molecule has 0 unspecified atom stereocenters. The first-order valence-electron chi connectivity index (χ1n) is 7.75. The van der Waals surface area contributed by atoms with Crippen LogP contribution in [0.4, 0.5) is 18.9 Å². The number of amides is 2. The van der Waals surface area contributed by atoms with E-state index < -0.39 is 29.5 Å². The van der Waals surface area contributed by atoms with E-state index in [2.05, 4.69) is 10.6 Å². The molecular weight excluding hydrogens is 365 g/mol. The van der Waals surface area contributed by atoms with Crippen LogP contribution in [-0.2, 0) is 11.0 Å². The Hall–Kier alpha value is -3.36. The molecule has 27 heavy (non-hydrogen) atoms. The topological polar surface area (TPSA) is 95.5 Å². The summed E-state index contributed by atoms with van der Waals surface area (Å²) >= 11 is 0. The SMILES string of the molecule is O=C(O)CCNC(=O)c1ccc(NC(=O)c2ccc(C(F)(F)F)cc2)cc1. The first-order chi connectivity index (χ1) is 12.7. The van der Waals surface area contributed by atoms with Crippen LogP contribution in [0.3, 0.4) is 0 Å². The van der Waals surface area contributed by atoms with E-state index >= 15 is 0 Å². The quantitative estimate of drug-likeness (QED) is 0.717. The van der Waals surface area contributed by atoms with E-state index in [-0.39, 0.29) is 24.1 Å². The summed E-state index contributed by atoms with van der Waals surface area (Å²) in [5, 5.41) is 13.5. The Morgan fingerprint density at radius 1 is 0.852 bits per heavy atom. The number of carboxylic acids is 1. The summed E-state index contributed by atoms with van der Waals surface area (Å²) in [6.07, 6.45) is -4.68. The number of nitrogens with one attached hydrogen (secondary N) is 2. The minimum Gasteiger partial charge on any atom is -0.481 e. The first kappa shape index (κ1) is 20.0. The Bertz CT molecular complexity index is 831. The van der Waals surface area contributed by atoms with Gasteiger partial charge in [0.25, 0.3) is 11.8 Å². The smallest absolute Gasteiger partial charge is 0.416 e. The molecule has 0 aliphatic carbocycles. The third-order valence-corrected chi connectivity index (χ3v) is 3.50. The van der Waals surface area contributed by atoms with Crippen molar-refractivity contribution in [2.24, 2.45) is 0 Å². The van der Waals surface area contributed by atoms with Crippen molar-refractivity contribution in [3.05, 3.63) is 65.2 Å². The number of hydrogen-bond donors (Lipinski definition) is 3. The zero-order chi connectivity index (χ0) is 20.0. The van der Waals surface area contributed by atoms with Crippen molar-refractivity contribution in [2.45, 2.75) is 12.6 Å². The summed E-state index contributed by atoms with van der Waals surface area (Å²) < 4.78 is 37.6. The van der Waals surface area contributed by atoms with E-state index in [1.54, 1.807) is 0 Å². The lowest BCUT2D eigenvalue weighted by atomic mass is 10.1. The highest BCUT2D eigenvalue weighted by atomic mass is 19.4. The second kappa shape index (κ2) is 8.35. The van der Waals surface area contributed by atoms with Crippen molar-refractivity contribution in [2.75, 3.05) is 11.9 Å². The number of anilines is 1. The number of carbonyl (C=O) groups is 3. The molecule has 2 aromatic rings. The van der Waals surface area contributed by atoms with Crippen LogP contribution < -0.4 is 10.6 Å². The number of aliphatic carboxylic acids is 1. The van der Waals surface area contributed by atoms with E-state index in [1.807, 2.05) is 0 Å². The zero-order valence-electron chi connectivity index (χ0n) is 13.8. The summed E-state index contributed by atoms with van der Waals surface area (Å²) in [7, 11) is 0. The van der Waals surface area contributed by atoms with Crippen molar-refractivity contribution >= 4 is 23.5 Å². The van der Waals surface area contributed by atoms with Crippen LogP contribution >= 0.6 is 0 Å². The van der Waals surface area contributed by atoms with Gasteiger partial charge in [0.1, 0.15) is 0 Å². The van der Waals surface area contributed by atoms with Gasteiger partial charge < -0.3 is 15.7 Å². The van der Waals surface area contributed by atoms with Crippen LogP contribution in [0, 0.1) is 0 Å². The highest BCUT2D eigenvalue weighted by molar-refractivity contribution is 6.04. The molecule has 0 radical (unpaired) electrons. The Kier molecular flexibility index (Phi) is 6.17. The average Bonchev–Trinajstić information content (AvgIpc) is 2.61. The molecule has 0 fully saturated rings. The third-order valence-electron chi connectivity index (χ3n) is 3.50. The zero-order valence-corrected chi connectivity index (χ0v) is 13.8. The molecule has 0 atom stereocenters. The number of alkyl halides is 3. The predicted octanol–water partition coefficient (Wildman–Crippen LogP) is 3.16. The lowest BCUT2D eigenvalue weighted by Crippen LogP contribution is -2.25. The molecule has 0 spiro atoms. The fourth-order valence-corrected chi connectivity index (χ4v) is 2.10. The molecule has 9 heteroatoms. The molecule has 2 aromatic carbocycles. The number of halogens is 3. The lowest BCUT2D eigenvalue weighted by molar-refractivity contribution is -0.138. The summed E-state index contributed by atoms with van der Waals surface area (Å²) in [5.74, 6) is -2.09. The Balaban J connectivity index is 1.96. The number of hydrogen-bond acceptors (Lipinski definition) is 3. The molecule has 142 valence electrons. The van der Waals surface area contributed by atoms with Gasteiger partial charge in [-0.2, -0.15) is 13.2 Å². The largest absolute Gasteiger partial charge is 0.481 e. The van der Waals surface area contributed by atoms with Crippen LogP contribution in [0.25, 0.3) is 0 Å². The van der Waals surface area contributed by atoms with Gasteiger partial charge in [-0.3, -0.25) is 14.4 Å². The number of benzene rings is 2. The Morgan fingerprint density at radius 3 is 1.89 bits per heavy atom. The molecule has 2 amide bonds. The van der Waals surface area contributed by atoms with E-state index in [9.17, 15) is 27.6 Å². The fraction of sp³-hybridized carbons (Fsp3) is 0.167. The molecule has 0 aliphatic heterocycles. The highest BCUT2D eigenvalue weighted by Crippen LogP contribution is 2.29. The van der Waals surface area contributed by atoms with Crippen molar-refractivity contribution in [1.82, 2.24) is 5.32 Å². The molecule has 0 aliphatic rings. The molecular formula is C18H15F3N2O4. The van der Waals surface area contributed by atoms with Crippen LogP contribution in [0.2, 0.25) is 0 Å². The van der Waals surface area contributed by atoms with Crippen LogP contribution in [0.5, 0.6) is 0 Å². The van der Waals surface area contributed by atoms with Crippen molar-refractivity contribution in [3.8, 4) is 0 Å². The molecule has 0 saturated heterocycles. The summed E-state index contributed by atoms with van der Waals surface area (Å²) in [5.41, 5.74) is -0.175. The maximum Gasteiger partial charge on any atom is 0.416 e. The third kappa shape index (κ3) is 5.84. The monoisotopic (exact) mass is 380 g/mol. The van der Waals surface area contributed by atoms with Crippen molar-refractivity contribution in [1.29, 1.82) is 0 Å². The van der Waals surface area contributed by atoms with Crippen LogP contribution in [0.15, 0.2) is 48.5 Å². The van der Waals surface area contributed by atoms with Crippen molar-refractivity contribution < 1.29 is 32.7 Å². The molecule has 6 nitrogen and oxygen atoms in total. The first-order valence-corrected chi connectivity index (χ1v) is 7.75. The Morgan fingerprint density at radius 2 is 1.37 bits per heavy atom. The van der Waals surface area contributed by atoms with Gasteiger partial charge in [0, 0.05) is 23.4 Å². The molecule has 0 heterocycles. The van der Waals surface area contributed by atoms with E-state index in [1.165, 1.54) is 24.3 Å². The second-order valence-electron chi connectivity index (χ2n) is 5.51. The van der Waals surface area contributed by atoms with E-state index in [4.69, 9.17) is 5.11 Å². The van der Waals surface area contributed by atoms with Crippen molar-refractivity contribution in [3.63, 3.8) is 0 Å². The van der Waals surface area contributed by atoms with E-state index in [0.29, 0.717) is 5.69 Å². The average molecular weight is 380 g/mol. The maximum atomic E-state index is 12.5. The minimum absolute atomic E-state index is 0.0133. The number of rotatable bonds is 6. The van der Waals surface area contributed by atoms with Gasteiger partial charge in [0.2, 0.25) is 0 Å². The van der Waals surface area contributed by atoms with Gasteiger partial charge in [0.15, 0.2) is 0 Å². The Labute approximate surface area is 152 Å². The summed E-state index contributed by atoms with van der Waals surface area (Å²) in [4.78, 5) is 34.3. The molecule has 0 saturated carbocycles. The second-order valence-corrected chi connectivity index (χ2v) is 5.51. The molecule has 0 bridgehead atoms. The molecule has 2 rings (SSSR count). The molecule has 3 N–H and O–H groups in total. The summed E-state index contributed by atoms with van der Waals surface area (Å²) in [6.45, 7) is -0.0133. The van der Waals surface area contributed by atoms with Gasteiger partial charge in [-0.05, 0) is 48.5 Å². The highest BCUT2D eigenvalue weighted by Gasteiger charge is 2.30. The minimum atomic E-state index is -4.48. The maximum absolute atomic E-state index is 12.5. The predicted molar refractivity (Wildman–Crippen MR) is 90.4 cm³/mol. The van der Waals surface area contributed by atoms with Gasteiger partial charge >= 0.3 is 12.1 Å². The number of carbonyl (C=O) groups excluding carboxylic acids is 2. The molecule has 0 aromatic heterocycles. The van der Waals surface area contributed by atoms with Gasteiger partial charge in [-0.15, -0.1) is 0 Å².